The first-order valence-electron chi connectivity index (χ1n) is 9.76. The number of carbonyl (C=O) groups excluding carboxylic acids is 1. The van der Waals surface area contributed by atoms with Crippen molar-refractivity contribution in [1.29, 1.82) is 0 Å². The molecule has 3 heterocycles. The van der Waals surface area contributed by atoms with Gasteiger partial charge in [0.15, 0.2) is 10.9 Å². The summed E-state index contributed by atoms with van der Waals surface area (Å²) in [6, 6.07) is 9.66. The number of aromatic nitrogens is 4. The Balaban J connectivity index is 1.50. The van der Waals surface area contributed by atoms with E-state index in [1.807, 2.05) is 23.6 Å². The number of likely N-dealkylation sites (N-methyl/N-ethyl adjacent to an activating group) is 1. The summed E-state index contributed by atoms with van der Waals surface area (Å²) in [4.78, 5) is 18.7. The molecule has 11 heteroatoms. The Bertz CT molecular complexity index is 1170. The van der Waals surface area contributed by atoms with Gasteiger partial charge in [0.1, 0.15) is 16.5 Å². The predicted molar refractivity (Wildman–Crippen MR) is 122 cm³/mol. The summed E-state index contributed by atoms with van der Waals surface area (Å²) >= 11 is 2.84. The van der Waals surface area contributed by atoms with E-state index in [0.717, 1.165) is 11.6 Å². The standard InChI is InChI=1S/C21H21FN6O2S2/c1-27(2)10-9-23-20(29)16-12-31-18(24-16)13-32-21-26-25-19(17-4-3-11-30-17)28(21)15-7-5-14(22)6-8-15/h3-8,11-12H,9-10,13H2,1-2H3,(H,23,29). The van der Waals surface area contributed by atoms with Crippen LogP contribution in [-0.2, 0) is 5.75 Å². The van der Waals surface area contributed by atoms with Crippen LogP contribution in [0.15, 0.2) is 57.6 Å². The maximum absolute atomic E-state index is 13.5. The molecule has 0 spiro atoms. The summed E-state index contributed by atoms with van der Waals surface area (Å²) in [6.07, 6.45) is 1.56. The van der Waals surface area contributed by atoms with E-state index in [2.05, 4.69) is 20.5 Å². The number of nitrogens with one attached hydrogen (secondary N) is 1. The number of thiazole rings is 1. The first kappa shape index (κ1) is 22.2. The zero-order chi connectivity index (χ0) is 22.5. The van der Waals surface area contributed by atoms with Crippen LogP contribution in [0.3, 0.4) is 0 Å². The number of rotatable bonds is 9. The second-order valence-corrected chi connectivity index (χ2v) is 8.95. The molecular weight excluding hydrogens is 451 g/mol. The highest BCUT2D eigenvalue weighted by Gasteiger charge is 2.19. The molecule has 0 saturated carbocycles. The SMILES string of the molecule is CN(C)CCNC(=O)c1csc(CSc2nnc(-c3ccco3)n2-c2ccc(F)cc2)n1. The number of nitrogens with zero attached hydrogens (tertiary/aromatic N) is 5. The molecule has 0 fully saturated rings. The number of furan rings is 1. The number of halogens is 1. The number of carbonyl (C=O) groups is 1. The van der Waals surface area contributed by atoms with Gasteiger partial charge in [-0.1, -0.05) is 11.8 Å². The van der Waals surface area contributed by atoms with Crippen LogP contribution in [0, 0.1) is 5.82 Å². The van der Waals surface area contributed by atoms with Crippen molar-refractivity contribution in [3.63, 3.8) is 0 Å². The number of hydrogen-bond donors (Lipinski definition) is 1. The molecule has 32 heavy (non-hydrogen) atoms. The van der Waals surface area contributed by atoms with Gasteiger partial charge in [0.2, 0.25) is 5.82 Å². The zero-order valence-corrected chi connectivity index (χ0v) is 19.1. The number of thioether (sulfide) groups is 1. The zero-order valence-electron chi connectivity index (χ0n) is 17.5. The second kappa shape index (κ2) is 10.1. The summed E-state index contributed by atoms with van der Waals surface area (Å²) in [5.74, 6) is 1.07. The highest BCUT2D eigenvalue weighted by Crippen LogP contribution is 2.30. The third-order valence-corrected chi connectivity index (χ3v) is 6.39. The first-order chi connectivity index (χ1) is 15.5. The molecule has 0 aliphatic rings. The van der Waals surface area contributed by atoms with Gasteiger partial charge in [-0.25, -0.2) is 9.37 Å². The normalized spacial score (nSPS) is 11.2. The van der Waals surface area contributed by atoms with E-state index in [0.29, 0.717) is 40.4 Å². The maximum atomic E-state index is 13.5. The lowest BCUT2D eigenvalue weighted by Gasteiger charge is -2.09. The average molecular weight is 473 g/mol. The average Bonchev–Trinajstić information content (AvgIpc) is 3.52. The summed E-state index contributed by atoms with van der Waals surface area (Å²) in [6.45, 7) is 1.32. The van der Waals surface area contributed by atoms with Crippen LogP contribution in [-0.4, -0.2) is 57.7 Å². The van der Waals surface area contributed by atoms with Crippen molar-refractivity contribution >= 4 is 29.0 Å². The van der Waals surface area contributed by atoms with Crippen LogP contribution in [0.2, 0.25) is 0 Å². The minimum absolute atomic E-state index is 0.186. The Morgan fingerprint density at radius 2 is 2.06 bits per heavy atom. The van der Waals surface area contributed by atoms with Crippen LogP contribution in [0.25, 0.3) is 17.3 Å². The van der Waals surface area contributed by atoms with E-state index in [1.54, 1.807) is 35.9 Å². The van der Waals surface area contributed by atoms with Crippen molar-refractivity contribution in [2.45, 2.75) is 10.9 Å². The van der Waals surface area contributed by atoms with Gasteiger partial charge in [0.25, 0.3) is 5.91 Å². The molecule has 166 valence electrons. The van der Waals surface area contributed by atoms with Crippen LogP contribution in [0.4, 0.5) is 4.39 Å². The summed E-state index contributed by atoms with van der Waals surface area (Å²) in [5, 5.41) is 14.6. The van der Waals surface area contributed by atoms with E-state index in [4.69, 9.17) is 4.42 Å². The van der Waals surface area contributed by atoms with Crippen molar-refractivity contribution in [1.82, 2.24) is 30.0 Å². The van der Waals surface area contributed by atoms with E-state index in [-0.39, 0.29) is 11.7 Å². The minimum atomic E-state index is -0.324. The van der Waals surface area contributed by atoms with Crippen molar-refractivity contribution in [3.05, 3.63) is 64.6 Å². The van der Waals surface area contributed by atoms with Crippen LogP contribution >= 0.6 is 23.1 Å². The maximum Gasteiger partial charge on any atom is 0.270 e. The minimum Gasteiger partial charge on any atom is -0.461 e. The molecule has 0 saturated heterocycles. The molecule has 3 aromatic heterocycles. The van der Waals surface area contributed by atoms with Crippen molar-refractivity contribution in [2.75, 3.05) is 27.2 Å². The molecule has 1 amide bonds. The molecule has 1 N–H and O–H groups in total. The van der Waals surface area contributed by atoms with Crippen LogP contribution in [0.5, 0.6) is 0 Å². The highest BCUT2D eigenvalue weighted by molar-refractivity contribution is 7.98. The molecular formula is C21H21FN6O2S2. The second-order valence-electron chi connectivity index (χ2n) is 7.07. The molecule has 8 nitrogen and oxygen atoms in total. The third kappa shape index (κ3) is 5.23. The van der Waals surface area contributed by atoms with Crippen molar-refractivity contribution in [3.8, 4) is 17.3 Å². The number of amides is 1. The Morgan fingerprint density at radius 1 is 1.25 bits per heavy atom. The lowest BCUT2D eigenvalue weighted by atomic mass is 10.3. The van der Waals surface area contributed by atoms with E-state index in [9.17, 15) is 9.18 Å². The predicted octanol–water partition coefficient (Wildman–Crippen LogP) is 3.71. The molecule has 0 radical (unpaired) electrons. The number of hydrogen-bond acceptors (Lipinski definition) is 8. The van der Waals surface area contributed by atoms with Gasteiger partial charge in [-0.05, 0) is 50.5 Å². The van der Waals surface area contributed by atoms with Gasteiger partial charge >= 0.3 is 0 Å². The molecule has 0 aliphatic carbocycles. The van der Waals surface area contributed by atoms with Crippen LogP contribution < -0.4 is 5.32 Å². The third-order valence-electron chi connectivity index (χ3n) is 4.41. The van der Waals surface area contributed by atoms with Crippen molar-refractivity contribution < 1.29 is 13.6 Å². The number of benzene rings is 1. The summed E-state index contributed by atoms with van der Waals surface area (Å²) in [7, 11) is 3.90. The molecule has 0 aliphatic heterocycles. The Hall–Kier alpha value is -3.02. The summed E-state index contributed by atoms with van der Waals surface area (Å²) in [5.41, 5.74) is 1.12. The van der Waals surface area contributed by atoms with Gasteiger partial charge in [0, 0.05) is 18.5 Å². The monoisotopic (exact) mass is 472 g/mol. The van der Waals surface area contributed by atoms with E-state index < -0.39 is 0 Å². The molecule has 4 aromatic rings. The fourth-order valence-corrected chi connectivity index (χ4v) is 4.59. The molecule has 0 bridgehead atoms. The Kier molecular flexibility index (Phi) is 6.98. The van der Waals surface area contributed by atoms with Gasteiger partial charge in [-0.2, -0.15) is 0 Å². The quantitative estimate of drug-likeness (QED) is 0.372. The first-order valence-corrected chi connectivity index (χ1v) is 11.6. The van der Waals surface area contributed by atoms with Crippen molar-refractivity contribution in [2.24, 2.45) is 0 Å². The van der Waals surface area contributed by atoms with Gasteiger partial charge in [0.05, 0.1) is 17.7 Å². The fourth-order valence-electron chi connectivity index (χ4n) is 2.84. The smallest absolute Gasteiger partial charge is 0.270 e. The van der Waals surface area contributed by atoms with E-state index in [1.165, 1.54) is 35.2 Å². The van der Waals surface area contributed by atoms with Gasteiger partial charge in [-0.15, -0.1) is 21.5 Å². The Morgan fingerprint density at radius 3 is 2.78 bits per heavy atom. The highest BCUT2D eigenvalue weighted by atomic mass is 32.2. The van der Waals surface area contributed by atoms with E-state index >= 15 is 0 Å². The lowest BCUT2D eigenvalue weighted by molar-refractivity contribution is 0.0946. The van der Waals surface area contributed by atoms with Crippen LogP contribution in [0.1, 0.15) is 15.5 Å². The largest absolute Gasteiger partial charge is 0.461 e. The fraction of sp³-hybridized carbons (Fsp3) is 0.238. The Labute approximate surface area is 192 Å². The van der Waals surface area contributed by atoms with Gasteiger partial charge < -0.3 is 14.6 Å². The molecule has 1 aromatic carbocycles. The molecule has 4 rings (SSSR count). The molecule has 0 unspecified atom stereocenters. The lowest BCUT2D eigenvalue weighted by Crippen LogP contribution is -2.31. The topological polar surface area (TPSA) is 89.1 Å². The van der Waals surface area contributed by atoms with Gasteiger partial charge in [-0.3, -0.25) is 9.36 Å². The summed E-state index contributed by atoms with van der Waals surface area (Å²) < 4.78 is 20.8. The molecule has 0 atom stereocenters.